The Morgan fingerprint density at radius 3 is 2.86 bits per heavy atom. The van der Waals surface area contributed by atoms with Gasteiger partial charge >= 0.3 is 11.9 Å². The van der Waals surface area contributed by atoms with E-state index in [1.165, 1.54) is 0 Å². The highest BCUT2D eigenvalue weighted by atomic mass is 16.5. The van der Waals surface area contributed by atoms with Gasteiger partial charge in [0.25, 0.3) is 0 Å². The molecule has 1 atom stereocenters. The second-order valence-electron chi connectivity index (χ2n) is 6.16. The van der Waals surface area contributed by atoms with Crippen molar-refractivity contribution in [3.8, 4) is 0 Å². The molecule has 5 heteroatoms. The lowest BCUT2D eigenvalue weighted by atomic mass is 10.1. The van der Waals surface area contributed by atoms with Gasteiger partial charge in [-0.05, 0) is 43.0 Å². The van der Waals surface area contributed by atoms with Gasteiger partial charge < -0.3 is 9.84 Å². The lowest BCUT2D eigenvalue weighted by Gasteiger charge is -2.21. The van der Waals surface area contributed by atoms with Gasteiger partial charge in [-0.2, -0.15) is 0 Å². The van der Waals surface area contributed by atoms with Crippen molar-refractivity contribution < 1.29 is 19.4 Å². The first kappa shape index (κ1) is 16.5. The minimum absolute atomic E-state index is 0.299. The normalized spacial score (nSPS) is 18.6. The van der Waals surface area contributed by atoms with Crippen molar-refractivity contribution in [1.29, 1.82) is 0 Å². The van der Waals surface area contributed by atoms with E-state index in [2.05, 4.69) is 0 Å². The van der Waals surface area contributed by atoms with Crippen LogP contribution in [-0.4, -0.2) is 41.1 Å². The van der Waals surface area contributed by atoms with Crippen LogP contribution in [-0.2, 0) is 16.1 Å². The van der Waals surface area contributed by atoms with Crippen LogP contribution in [0.3, 0.4) is 0 Å². The highest BCUT2D eigenvalue weighted by Gasteiger charge is 2.30. The number of hydrogen-bond acceptors (Lipinski definition) is 4. The zero-order valence-corrected chi connectivity index (χ0v) is 13.1. The predicted octanol–water partition coefficient (Wildman–Crippen LogP) is 2.55. The minimum atomic E-state index is -0.773. The third-order valence-electron chi connectivity index (χ3n) is 3.74. The molecule has 0 radical (unpaired) electrons. The van der Waals surface area contributed by atoms with Crippen LogP contribution in [0.4, 0.5) is 0 Å². The fraction of sp³-hybridized carbons (Fsp3) is 0.529. The molecule has 1 unspecified atom stereocenters. The smallest absolute Gasteiger partial charge is 0.338 e. The zero-order chi connectivity index (χ0) is 16.1. The number of carboxylic acids is 1. The van der Waals surface area contributed by atoms with Crippen LogP contribution >= 0.6 is 0 Å². The summed E-state index contributed by atoms with van der Waals surface area (Å²) in [6.45, 7) is 5.70. The average molecular weight is 305 g/mol. The van der Waals surface area contributed by atoms with E-state index >= 15 is 0 Å². The van der Waals surface area contributed by atoms with E-state index in [0.717, 1.165) is 18.5 Å². The molecule has 0 bridgehead atoms. The molecular formula is C17H23NO4. The number of esters is 1. The van der Waals surface area contributed by atoms with Crippen molar-refractivity contribution in [3.63, 3.8) is 0 Å². The van der Waals surface area contributed by atoms with Crippen LogP contribution in [0.25, 0.3) is 0 Å². The van der Waals surface area contributed by atoms with Gasteiger partial charge in [0.1, 0.15) is 6.04 Å². The van der Waals surface area contributed by atoms with Crippen molar-refractivity contribution in [2.45, 2.75) is 39.3 Å². The van der Waals surface area contributed by atoms with Gasteiger partial charge in [0, 0.05) is 6.54 Å². The molecule has 1 aliphatic heterocycles. The maximum Gasteiger partial charge on any atom is 0.338 e. The third-order valence-corrected chi connectivity index (χ3v) is 3.74. The second kappa shape index (κ2) is 7.40. The molecule has 1 aromatic carbocycles. The van der Waals surface area contributed by atoms with Gasteiger partial charge in [0.15, 0.2) is 0 Å². The Balaban J connectivity index is 2.02. The lowest BCUT2D eigenvalue weighted by molar-refractivity contribution is -0.142. The molecule has 5 nitrogen and oxygen atoms in total. The zero-order valence-electron chi connectivity index (χ0n) is 13.1. The van der Waals surface area contributed by atoms with Crippen LogP contribution in [0.1, 0.15) is 42.6 Å². The molecule has 1 aliphatic rings. The van der Waals surface area contributed by atoms with Crippen LogP contribution in [0.5, 0.6) is 0 Å². The molecule has 0 saturated carbocycles. The van der Waals surface area contributed by atoms with Crippen molar-refractivity contribution in [2.24, 2.45) is 5.92 Å². The minimum Gasteiger partial charge on any atom is -0.480 e. The SMILES string of the molecule is CC(C)COC(=O)c1cccc(CN2CCCC2C(=O)O)c1. The summed E-state index contributed by atoms with van der Waals surface area (Å²) in [4.78, 5) is 25.1. The number of carbonyl (C=O) groups excluding carboxylic acids is 1. The Bertz CT molecular complexity index is 541. The van der Waals surface area contributed by atoms with E-state index in [4.69, 9.17) is 4.74 Å². The van der Waals surface area contributed by atoms with Crippen LogP contribution in [0, 0.1) is 5.92 Å². The Kier molecular flexibility index (Phi) is 5.55. The van der Waals surface area contributed by atoms with E-state index in [1.54, 1.807) is 12.1 Å². The molecule has 0 aromatic heterocycles. The molecule has 1 aromatic rings. The molecule has 1 fully saturated rings. The molecule has 22 heavy (non-hydrogen) atoms. The number of hydrogen-bond donors (Lipinski definition) is 1. The summed E-state index contributed by atoms with van der Waals surface area (Å²) in [7, 11) is 0. The second-order valence-corrected chi connectivity index (χ2v) is 6.16. The quantitative estimate of drug-likeness (QED) is 0.818. The molecule has 0 aliphatic carbocycles. The number of nitrogens with zero attached hydrogens (tertiary/aromatic N) is 1. The Hall–Kier alpha value is -1.88. The van der Waals surface area contributed by atoms with Gasteiger partial charge in [-0.1, -0.05) is 26.0 Å². The number of carbonyl (C=O) groups is 2. The first-order valence-electron chi connectivity index (χ1n) is 7.70. The summed E-state index contributed by atoms with van der Waals surface area (Å²) in [5.41, 5.74) is 1.45. The van der Waals surface area contributed by atoms with E-state index in [1.807, 2.05) is 30.9 Å². The molecule has 1 N–H and O–H groups in total. The molecule has 0 amide bonds. The van der Waals surface area contributed by atoms with Crippen molar-refractivity contribution >= 4 is 11.9 Å². The predicted molar refractivity (Wildman–Crippen MR) is 82.6 cm³/mol. The number of aliphatic carboxylic acids is 1. The Morgan fingerprint density at radius 2 is 2.18 bits per heavy atom. The first-order valence-corrected chi connectivity index (χ1v) is 7.70. The van der Waals surface area contributed by atoms with E-state index in [-0.39, 0.29) is 5.97 Å². The summed E-state index contributed by atoms with van der Waals surface area (Å²) in [6.07, 6.45) is 1.58. The number of benzene rings is 1. The largest absolute Gasteiger partial charge is 0.480 e. The number of ether oxygens (including phenoxy) is 1. The maximum absolute atomic E-state index is 12.0. The number of rotatable bonds is 6. The maximum atomic E-state index is 12.0. The van der Waals surface area contributed by atoms with E-state index in [9.17, 15) is 14.7 Å². The highest BCUT2D eigenvalue weighted by molar-refractivity contribution is 5.89. The molecule has 1 heterocycles. The van der Waals surface area contributed by atoms with Gasteiger partial charge in [-0.15, -0.1) is 0 Å². The molecule has 0 spiro atoms. The number of carboxylic acid groups (broad SMARTS) is 1. The van der Waals surface area contributed by atoms with Crippen LogP contribution in [0.2, 0.25) is 0 Å². The first-order chi connectivity index (χ1) is 10.5. The van der Waals surface area contributed by atoms with Gasteiger partial charge in [-0.3, -0.25) is 9.69 Å². The highest BCUT2D eigenvalue weighted by Crippen LogP contribution is 2.20. The fourth-order valence-electron chi connectivity index (χ4n) is 2.65. The van der Waals surface area contributed by atoms with Crippen molar-refractivity contribution in [2.75, 3.05) is 13.2 Å². The van der Waals surface area contributed by atoms with E-state index < -0.39 is 12.0 Å². The Morgan fingerprint density at radius 1 is 1.41 bits per heavy atom. The fourth-order valence-corrected chi connectivity index (χ4v) is 2.65. The number of likely N-dealkylation sites (tertiary alicyclic amines) is 1. The topological polar surface area (TPSA) is 66.8 Å². The molecule has 120 valence electrons. The summed E-state index contributed by atoms with van der Waals surface area (Å²) in [6, 6.07) is 6.82. The van der Waals surface area contributed by atoms with Gasteiger partial charge in [-0.25, -0.2) is 4.79 Å². The summed E-state index contributed by atoms with van der Waals surface area (Å²) >= 11 is 0. The summed E-state index contributed by atoms with van der Waals surface area (Å²) in [5.74, 6) is -0.801. The van der Waals surface area contributed by atoms with Crippen LogP contribution < -0.4 is 0 Å². The summed E-state index contributed by atoms with van der Waals surface area (Å²) < 4.78 is 5.23. The molecule has 2 rings (SSSR count). The van der Waals surface area contributed by atoms with Crippen molar-refractivity contribution in [3.05, 3.63) is 35.4 Å². The average Bonchev–Trinajstić information content (AvgIpc) is 2.93. The lowest BCUT2D eigenvalue weighted by Crippen LogP contribution is -2.35. The third kappa shape index (κ3) is 4.31. The Labute approximate surface area is 130 Å². The van der Waals surface area contributed by atoms with Crippen molar-refractivity contribution in [1.82, 2.24) is 4.90 Å². The van der Waals surface area contributed by atoms with E-state index in [0.29, 0.717) is 31.1 Å². The molecule has 1 saturated heterocycles. The standard InChI is InChI=1S/C17H23NO4/c1-12(2)11-22-17(21)14-6-3-5-13(9-14)10-18-8-4-7-15(18)16(19)20/h3,5-6,9,12,15H,4,7-8,10-11H2,1-2H3,(H,19,20). The monoisotopic (exact) mass is 305 g/mol. The molecular weight excluding hydrogens is 282 g/mol. The van der Waals surface area contributed by atoms with Gasteiger partial charge in [0.05, 0.1) is 12.2 Å². The van der Waals surface area contributed by atoms with Crippen LogP contribution in [0.15, 0.2) is 24.3 Å². The van der Waals surface area contributed by atoms with Gasteiger partial charge in [0.2, 0.25) is 0 Å². The summed E-state index contributed by atoms with van der Waals surface area (Å²) in [5, 5.41) is 9.21.